The van der Waals surface area contributed by atoms with Gasteiger partial charge in [-0.3, -0.25) is 0 Å². The average molecular weight is 307 g/mol. The second-order valence-electron chi connectivity index (χ2n) is 4.39. The molecule has 114 valence electrons. The minimum absolute atomic E-state index is 0.0872. The zero-order valence-electron chi connectivity index (χ0n) is 11.1. The number of aromatic carboxylic acids is 1. The number of carboxylic acids is 1. The topological polar surface area (TPSA) is 137 Å². The van der Waals surface area contributed by atoms with Gasteiger partial charge in [0, 0.05) is 6.07 Å². The number of aliphatic hydroxyl groups is 2. The third-order valence-corrected chi connectivity index (χ3v) is 4.69. The molecule has 1 heterocycles. The summed E-state index contributed by atoms with van der Waals surface area (Å²) < 4.78 is 31.4. The van der Waals surface area contributed by atoms with Crippen LogP contribution >= 0.6 is 0 Å². The molecule has 0 unspecified atom stereocenters. The minimum atomic E-state index is -4.12. The molecular formula is C11H17NO7S. The van der Waals surface area contributed by atoms with Gasteiger partial charge in [-0.25, -0.2) is 17.9 Å². The summed E-state index contributed by atoms with van der Waals surface area (Å²) in [4.78, 5) is 10.4. The monoisotopic (exact) mass is 307 g/mol. The predicted molar refractivity (Wildman–Crippen MR) is 67.9 cm³/mol. The number of aliphatic hydroxyl groups excluding tert-OH is 2. The van der Waals surface area contributed by atoms with Gasteiger partial charge in [-0.05, 0) is 13.3 Å². The largest absolute Gasteiger partial charge is 0.475 e. The van der Waals surface area contributed by atoms with E-state index in [-0.39, 0.29) is 17.1 Å². The number of aryl methyl sites for hydroxylation is 1. The fraction of sp³-hybridized carbons (Fsp3) is 0.545. The molecule has 0 spiro atoms. The molecule has 0 aromatic carbocycles. The number of hydrogen-bond acceptors (Lipinski definition) is 6. The minimum Gasteiger partial charge on any atom is -0.475 e. The summed E-state index contributed by atoms with van der Waals surface area (Å²) in [6, 6.07) is 0.884. The Morgan fingerprint density at radius 3 is 2.30 bits per heavy atom. The summed E-state index contributed by atoms with van der Waals surface area (Å²) in [7, 11) is -4.12. The van der Waals surface area contributed by atoms with Crippen molar-refractivity contribution in [1.82, 2.24) is 4.72 Å². The Bertz CT molecular complexity index is 578. The van der Waals surface area contributed by atoms with Gasteiger partial charge in [0.15, 0.2) is 0 Å². The van der Waals surface area contributed by atoms with Gasteiger partial charge in [-0.1, -0.05) is 6.92 Å². The van der Waals surface area contributed by atoms with E-state index in [1.54, 1.807) is 6.92 Å². The molecule has 0 fully saturated rings. The summed E-state index contributed by atoms with van der Waals surface area (Å²) in [5, 5.41) is 27.3. The Balaban J connectivity index is 3.20. The van der Waals surface area contributed by atoms with Crippen LogP contribution in [0.2, 0.25) is 0 Å². The quantitative estimate of drug-likeness (QED) is 0.542. The highest BCUT2D eigenvalue weighted by Crippen LogP contribution is 2.22. The van der Waals surface area contributed by atoms with Crippen molar-refractivity contribution in [3.63, 3.8) is 0 Å². The number of hydrogen-bond donors (Lipinski definition) is 4. The molecule has 0 aliphatic carbocycles. The van der Waals surface area contributed by atoms with E-state index in [4.69, 9.17) is 9.52 Å². The lowest BCUT2D eigenvalue weighted by molar-refractivity contribution is 0.0661. The van der Waals surface area contributed by atoms with Crippen LogP contribution in [0.1, 0.15) is 29.7 Å². The molecule has 20 heavy (non-hydrogen) atoms. The van der Waals surface area contributed by atoms with Crippen LogP contribution < -0.4 is 4.72 Å². The van der Waals surface area contributed by atoms with Crippen molar-refractivity contribution in [1.29, 1.82) is 0 Å². The number of sulfonamides is 1. The number of nitrogens with one attached hydrogen (secondary N) is 1. The van der Waals surface area contributed by atoms with E-state index in [2.05, 4.69) is 4.72 Å². The first-order valence-corrected chi connectivity index (χ1v) is 7.29. The fourth-order valence-corrected chi connectivity index (χ4v) is 3.22. The number of carboxylic acid groups (broad SMARTS) is 1. The van der Waals surface area contributed by atoms with Crippen LogP contribution in [0.5, 0.6) is 0 Å². The molecule has 0 aliphatic heterocycles. The van der Waals surface area contributed by atoms with Crippen LogP contribution in [0, 0.1) is 6.92 Å². The lowest BCUT2D eigenvalue weighted by Crippen LogP contribution is -2.53. The first-order valence-electron chi connectivity index (χ1n) is 5.81. The third-order valence-electron chi connectivity index (χ3n) is 3.01. The Kier molecular flexibility index (Phi) is 4.92. The van der Waals surface area contributed by atoms with Crippen LogP contribution in [-0.4, -0.2) is 48.5 Å². The molecular weight excluding hydrogens is 290 g/mol. The Morgan fingerprint density at radius 2 is 1.95 bits per heavy atom. The van der Waals surface area contributed by atoms with E-state index in [1.807, 2.05) is 0 Å². The summed E-state index contributed by atoms with van der Waals surface area (Å²) in [5.41, 5.74) is -1.41. The number of carbonyl (C=O) groups is 1. The van der Waals surface area contributed by atoms with E-state index in [9.17, 15) is 23.4 Å². The van der Waals surface area contributed by atoms with Gasteiger partial charge < -0.3 is 19.7 Å². The second-order valence-corrected chi connectivity index (χ2v) is 6.04. The highest BCUT2D eigenvalue weighted by Gasteiger charge is 2.34. The molecule has 0 bridgehead atoms. The molecule has 1 aromatic heterocycles. The number of rotatable bonds is 7. The normalized spacial score (nSPS) is 12.6. The van der Waals surface area contributed by atoms with E-state index in [1.165, 1.54) is 6.92 Å². The molecule has 0 atom stereocenters. The zero-order valence-corrected chi connectivity index (χ0v) is 11.9. The molecule has 0 amide bonds. The van der Waals surface area contributed by atoms with Crippen molar-refractivity contribution in [2.75, 3.05) is 13.2 Å². The van der Waals surface area contributed by atoms with Gasteiger partial charge in [0.2, 0.25) is 15.8 Å². The van der Waals surface area contributed by atoms with E-state index in [0.29, 0.717) is 0 Å². The van der Waals surface area contributed by atoms with E-state index < -0.39 is 40.5 Å². The van der Waals surface area contributed by atoms with Crippen LogP contribution in [0.15, 0.2) is 15.4 Å². The maximum atomic E-state index is 12.2. The molecule has 4 N–H and O–H groups in total. The molecule has 0 saturated heterocycles. The summed E-state index contributed by atoms with van der Waals surface area (Å²) in [6.07, 6.45) is 0.155. The van der Waals surface area contributed by atoms with Crippen molar-refractivity contribution in [2.24, 2.45) is 0 Å². The first-order chi connectivity index (χ1) is 9.21. The highest BCUT2D eigenvalue weighted by molar-refractivity contribution is 7.89. The molecule has 0 aliphatic rings. The Labute approximate surface area is 116 Å². The van der Waals surface area contributed by atoms with Crippen LogP contribution in [0.4, 0.5) is 0 Å². The summed E-state index contributed by atoms with van der Waals surface area (Å²) in [5.74, 6) is -1.98. The van der Waals surface area contributed by atoms with Gasteiger partial charge in [0.25, 0.3) is 0 Å². The van der Waals surface area contributed by atoms with Crippen LogP contribution in [0.3, 0.4) is 0 Å². The van der Waals surface area contributed by atoms with Crippen molar-refractivity contribution in [2.45, 2.75) is 30.7 Å². The zero-order chi connectivity index (χ0) is 15.6. The summed E-state index contributed by atoms with van der Waals surface area (Å²) in [6.45, 7) is 1.72. The smallest absolute Gasteiger partial charge is 0.371 e. The lowest BCUT2D eigenvalue weighted by atomic mass is 10.0. The predicted octanol–water partition coefficient (Wildman–Crippen LogP) is -0.302. The third kappa shape index (κ3) is 3.18. The van der Waals surface area contributed by atoms with Gasteiger partial charge in [0.05, 0.1) is 18.8 Å². The number of furan rings is 1. The van der Waals surface area contributed by atoms with Crippen LogP contribution in [-0.2, 0) is 10.0 Å². The lowest BCUT2D eigenvalue weighted by Gasteiger charge is -2.28. The van der Waals surface area contributed by atoms with Crippen molar-refractivity contribution in [3.8, 4) is 0 Å². The van der Waals surface area contributed by atoms with Gasteiger partial charge in [-0.15, -0.1) is 0 Å². The Hall–Kier alpha value is -1.42. The van der Waals surface area contributed by atoms with Gasteiger partial charge in [0.1, 0.15) is 10.7 Å². The van der Waals surface area contributed by atoms with Gasteiger partial charge in [-0.2, -0.15) is 0 Å². The second kappa shape index (κ2) is 5.92. The SMILES string of the molecule is CCC(CO)(CO)NS(=O)(=O)c1cc(C(=O)O)oc1C. The standard InChI is InChI=1S/C11H17NO7S/c1-3-11(5-13,6-14)12-20(17,18)9-4-8(10(15)16)19-7(9)2/h4,12-14H,3,5-6H2,1-2H3,(H,15,16). The molecule has 9 heteroatoms. The first kappa shape index (κ1) is 16.6. The Morgan fingerprint density at radius 1 is 1.40 bits per heavy atom. The molecule has 0 radical (unpaired) electrons. The molecule has 8 nitrogen and oxygen atoms in total. The summed E-state index contributed by atoms with van der Waals surface area (Å²) >= 11 is 0. The maximum absolute atomic E-state index is 12.2. The maximum Gasteiger partial charge on any atom is 0.371 e. The van der Waals surface area contributed by atoms with Crippen LogP contribution in [0.25, 0.3) is 0 Å². The van der Waals surface area contributed by atoms with Crippen molar-refractivity contribution < 1.29 is 32.9 Å². The molecule has 0 saturated carbocycles. The average Bonchev–Trinajstić information content (AvgIpc) is 2.79. The molecule has 1 rings (SSSR count). The fourth-order valence-electron chi connectivity index (χ4n) is 1.59. The van der Waals surface area contributed by atoms with Gasteiger partial charge >= 0.3 is 5.97 Å². The van der Waals surface area contributed by atoms with E-state index in [0.717, 1.165) is 6.07 Å². The van der Waals surface area contributed by atoms with Crippen molar-refractivity contribution in [3.05, 3.63) is 17.6 Å². The van der Waals surface area contributed by atoms with Crippen molar-refractivity contribution >= 4 is 16.0 Å². The molecule has 1 aromatic rings. The van der Waals surface area contributed by atoms with E-state index >= 15 is 0 Å². The highest BCUT2D eigenvalue weighted by atomic mass is 32.2.